The van der Waals surface area contributed by atoms with Crippen molar-refractivity contribution in [3.63, 3.8) is 0 Å². The number of ether oxygens (including phenoxy) is 2. The molecule has 2 heterocycles. The monoisotopic (exact) mass is 323 g/mol. The fourth-order valence-electron chi connectivity index (χ4n) is 2.69. The molecule has 0 saturated heterocycles. The van der Waals surface area contributed by atoms with Gasteiger partial charge >= 0.3 is 0 Å². The predicted octanol–water partition coefficient (Wildman–Crippen LogP) is 4.36. The van der Waals surface area contributed by atoms with E-state index in [9.17, 15) is 4.39 Å². The van der Waals surface area contributed by atoms with Crippen LogP contribution in [0.4, 0.5) is 4.39 Å². The molecule has 4 aromatic rings. The SMILES string of the molecule is COc1ccc2ncnc(Oc3ccc4[nH]c(C)cc4c3F)c2c1. The number of H-pyrrole nitrogens is 1. The lowest BCUT2D eigenvalue weighted by molar-refractivity contribution is 0.414. The molecule has 1 N–H and O–H groups in total. The zero-order chi connectivity index (χ0) is 16.7. The molecule has 0 spiro atoms. The van der Waals surface area contributed by atoms with Gasteiger partial charge in [0, 0.05) is 16.6 Å². The van der Waals surface area contributed by atoms with E-state index in [1.54, 1.807) is 43.5 Å². The summed E-state index contributed by atoms with van der Waals surface area (Å²) in [5, 5.41) is 1.14. The first-order valence-corrected chi connectivity index (χ1v) is 7.40. The summed E-state index contributed by atoms with van der Waals surface area (Å²) in [5.74, 6) is 0.625. The molecule has 0 unspecified atom stereocenters. The highest BCUT2D eigenvalue weighted by atomic mass is 19.1. The van der Waals surface area contributed by atoms with Gasteiger partial charge in [-0.15, -0.1) is 0 Å². The highest BCUT2D eigenvalue weighted by Gasteiger charge is 2.14. The Bertz CT molecular complexity index is 1060. The lowest BCUT2D eigenvalue weighted by Crippen LogP contribution is -1.94. The Kier molecular flexibility index (Phi) is 3.30. The first-order chi connectivity index (χ1) is 11.7. The minimum atomic E-state index is -0.425. The van der Waals surface area contributed by atoms with Crippen LogP contribution in [0.5, 0.6) is 17.4 Å². The standard InChI is InChI=1S/C18H14FN3O2/c1-10-7-12-15(22-10)5-6-16(17(12)19)24-18-13-8-11(23-2)3-4-14(13)20-9-21-18/h3-9,22H,1-2H3. The topological polar surface area (TPSA) is 60.0 Å². The summed E-state index contributed by atoms with van der Waals surface area (Å²) in [4.78, 5) is 11.4. The average molecular weight is 323 g/mol. The van der Waals surface area contributed by atoms with E-state index in [1.165, 1.54) is 6.33 Å². The zero-order valence-electron chi connectivity index (χ0n) is 13.1. The Morgan fingerprint density at radius 2 is 1.92 bits per heavy atom. The van der Waals surface area contributed by atoms with E-state index in [0.29, 0.717) is 22.0 Å². The van der Waals surface area contributed by atoms with Crippen LogP contribution in [0.25, 0.3) is 21.8 Å². The van der Waals surface area contributed by atoms with Crippen molar-refractivity contribution in [2.45, 2.75) is 6.92 Å². The molecule has 24 heavy (non-hydrogen) atoms. The number of aromatic nitrogens is 3. The van der Waals surface area contributed by atoms with E-state index in [1.807, 2.05) is 6.92 Å². The number of nitrogens with zero attached hydrogens (tertiary/aromatic N) is 2. The van der Waals surface area contributed by atoms with Gasteiger partial charge in [-0.2, -0.15) is 0 Å². The molecule has 0 bridgehead atoms. The number of hydrogen-bond donors (Lipinski definition) is 1. The molecule has 0 amide bonds. The Morgan fingerprint density at radius 3 is 2.75 bits per heavy atom. The van der Waals surface area contributed by atoms with Crippen molar-refractivity contribution in [1.82, 2.24) is 15.0 Å². The smallest absolute Gasteiger partial charge is 0.230 e. The second-order valence-electron chi connectivity index (χ2n) is 5.46. The maximum atomic E-state index is 14.7. The van der Waals surface area contributed by atoms with Crippen molar-refractivity contribution >= 4 is 21.8 Å². The van der Waals surface area contributed by atoms with Crippen LogP contribution < -0.4 is 9.47 Å². The van der Waals surface area contributed by atoms with Gasteiger partial charge < -0.3 is 14.5 Å². The molecule has 0 radical (unpaired) electrons. The largest absolute Gasteiger partial charge is 0.497 e. The van der Waals surface area contributed by atoms with E-state index in [4.69, 9.17) is 9.47 Å². The van der Waals surface area contributed by atoms with Gasteiger partial charge in [-0.1, -0.05) is 0 Å². The summed E-state index contributed by atoms with van der Waals surface area (Å²) in [6.45, 7) is 1.88. The lowest BCUT2D eigenvalue weighted by atomic mass is 10.2. The van der Waals surface area contributed by atoms with Gasteiger partial charge in [-0.25, -0.2) is 14.4 Å². The quantitative estimate of drug-likeness (QED) is 0.608. The average Bonchev–Trinajstić information content (AvgIpc) is 2.98. The van der Waals surface area contributed by atoms with E-state index in [-0.39, 0.29) is 11.6 Å². The summed E-state index contributed by atoms with van der Waals surface area (Å²) in [7, 11) is 1.58. The Labute approximate surface area is 137 Å². The highest BCUT2D eigenvalue weighted by molar-refractivity contribution is 5.86. The van der Waals surface area contributed by atoms with Crippen LogP contribution in [0.3, 0.4) is 0 Å². The van der Waals surface area contributed by atoms with Crippen LogP contribution in [0.1, 0.15) is 5.69 Å². The first-order valence-electron chi connectivity index (χ1n) is 7.40. The minimum absolute atomic E-state index is 0.115. The number of methoxy groups -OCH3 is 1. The first kappa shape index (κ1) is 14.4. The maximum Gasteiger partial charge on any atom is 0.230 e. The fraction of sp³-hybridized carbons (Fsp3) is 0.111. The molecule has 0 saturated carbocycles. The second-order valence-corrected chi connectivity index (χ2v) is 5.46. The van der Waals surface area contributed by atoms with Gasteiger partial charge in [0.25, 0.3) is 0 Å². The third-order valence-corrected chi connectivity index (χ3v) is 3.85. The zero-order valence-corrected chi connectivity index (χ0v) is 13.1. The molecule has 0 aliphatic rings. The molecule has 2 aromatic carbocycles. The van der Waals surface area contributed by atoms with E-state index in [2.05, 4.69) is 15.0 Å². The minimum Gasteiger partial charge on any atom is -0.497 e. The number of aryl methyl sites for hydroxylation is 1. The van der Waals surface area contributed by atoms with Crippen LogP contribution in [0, 0.1) is 12.7 Å². The molecule has 5 nitrogen and oxygen atoms in total. The molecular weight excluding hydrogens is 309 g/mol. The van der Waals surface area contributed by atoms with Gasteiger partial charge in [-0.3, -0.25) is 0 Å². The van der Waals surface area contributed by atoms with E-state index in [0.717, 1.165) is 11.2 Å². The number of fused-ring (bicyclic) bond motifs is 2. The van der Waals surface area contributed by atoms with Gasteiger partial charge in [-0.05, 0) is 43.3 Å². The third kappa shape index (κ3) is 2.32. The number of halogens is 1. The van der Waals surface area contributed by atoms with Gasteiger partial charge in [0.05, 0.1) is 18.0 Å². The van der Waals surface area contributed by atoms with Crippen molar-refractivity contribution < 1.29 is 13.9 Å². The lowest BCUT2D eigenvalue weighted by Gasteiger charge is -2.09. The van der Waals surface area contributed by atoms with E-state index >= 15 is 0 Å². The van der Waals surface area contributed by atoms with Crippen molar-refractivity contribution in [3.8, 4) is 17.4 Å². The molecule has 0 atom stereocenters. The maximum absolute atomic E-state index is 14.7. The summed E-state index contributed by atoms with van der Waals surface area (Å²) < 4.78 is 25.7. The number of hydrogen-bond acceptors (Lipinski definition) is 4. The second kappa shape index (κ2) is 5.49. The molecule has 0 aliphatic heterocycles. The normalized spacial score (nSPS) is 11.1. The number of nitrogens with one attached hydrogen (secondary N) is 1. The van der Waals surface area contributed by atoms with E-state index < -0.39 is 5.82 Å². The molecule has 4 rings (SSSR count). The number of aromatic amines is 1. The fourth-order valence-corrected chi connectivity index (χ4v) is 2.69. The molecule has 2 aromatic heterocycles. The molecule has 120 valence electrons. The molecule has 0 aliphatic carbocycles. The van der Waals surface area contributed by atoms with Gasteiger partial charge in [0.15, 0.2) is 11.6 Å². The Hall–Kier alpha value is -3.15. The van der Waals surface area contributed by atoms with Crippen LogP contribution >= 0.6 is 0 Å². The highest BCUT2D eigenvalue weighted by Crippen LogP contribution is 2.33. The van der Waals surface area contributed by atoms with Crippen molar-refractivity contribution in [3.05, 3.63) is 54.2 Å². The molecule has 0 fully saturated rings. The molecule has 6 heteroatoms. The Balaban J connectivity index is 1.83. The summed E-state index contributed by atoms with van der Waals surface area (Å²) in [5.41, 5.74) is 2.31. The van der Waals surface area contributed by atoms with Crippen LogP contribution in [0.15, 0.2) is 42.7 Å². The number of benzene rings is 2. The number of rotatable bonds is 3. The van der Waals surface area contributed by atoms with Crippen molar-refractivity contribution in [2.24, 2.45) is 0 Å². The third-order valence-electron chi connectivity index (χ3n) is 3.85. The Morgan fingerprint density at radius 1 is 1.04 bits per heavy atom. The van der Waals surface area contributed by atoms with Crippen molar-refractivity contribution in [2.75, 3.05) is 7.11 Å². The summed E-state index contributed by atoms with van der Waals surface area (Å²) in [6, 6.07) is 10.5. The van der Waals surface area contributed by atoms with Crippen LogP contribution in [0.2, 0.25) is 0 Å². The van der Waals surface area contributed by atoms with Crippen molar-refractivity contribution in [1.29, 1.82) is 0 Å². The predicted molar refractivity (Wildman–Crippen MR) is 89.2 cm³/mol. The summed E-state index contributed by atoms with van der Waals surface area (Å²) in [6.07, 6.45) is 1.39. The van der Waals surface area contributed by atoms with Gasteiger partial charge in [0.2, 0.25) is 5.88 Å². The van der Waals surface area contributed by atoms with Crippen LogP contribution in [-0.4, -0.2) is 22.1 Å². The summed E-state index contributed by atoms with van der Waals surface area (Å²) >= 11 is 0. The van der Waals surface area contributed by atoms with Crippen LogP contribution in [-0.2, 0) is 0 Å². The molecular formula is C18H14FN3O2. The van der Waals surface area contributed by atoms with Gasteiger partial charge in [0.1, 0.15) is 12.1 Å².